The number of nitrogens with zero attached hydrogens (tertiary/aromatic N) is 2. The Morgan fingerprint density at radius 3 is 2.57 bits per heavy atom. The monoisotopic (exact) mass is 485 g/mol. The van der Waals surface area contributed by atoms with Gasteiger partial charge in [-0.25, -0.2) is 0 Å². The van der Waals surface area contributed by atoms with Crippen molar-refractivity contribution in [2.24, 2.45) is 0 Å². The van der Waals surface area contributed by atoms with E-state index < -0.39 is 0 Å². The first-order valence-electron chi connectivity index (χ1n) is 11.2. The van der Waals surface area contributed by atoms with Crippen LogP contribution in [0.1, 0.15) is 33.2 Å². The molecule has 35 heavy (non-hydrogen) atoms. The van der Waals surface area contributed by atoms with Crippen LogP contribution in [-0.4, -0.2) is 41.2 Å². The summed E-state index contributed by atoms with van der Waals surface area (Å²) in [7, 11) is 1.64. The van der Waals surface area contributed by atoms with E-state index in [0.717, 1.165) is 39.4 Å². The minimum atomic E-state index is -0.283. The minimum absolute atomic E-state index is 0.0797. The zero-order valence-electron chi connectivity index (χ0n) is 19.3. The number of thioether (sulfide) groups is 1. The van der Waals surface area contributed by atoms with E-state index in [1.54, 1.807) is 18.9 Å². The summed E-state index contributed by atoms with van der Waals surface area (Å²) in [5.41, 5.74) is 5.10. The van der Waals surface area contributed by atoms with Gasteiger partial charge in [-0.3, -0.25) is 9.89 Å². The molecule has 7 nitrogen and oxygen atoms in total. The molecular formula is C27H23N3O4S. The fourth-order valence-corrected chi connectivity index (χ4v) is 5.11. The number of carbonyl (C=O) groups is 1. The summed E-state index contributed by atoms with van der Waals surface area (Å²) >= 11 is 1.69. The van der Waals surface area contributed by atoms with Crippen LogP contribution >= 0.6 is 11.8 Å². The van der Waals surface area contributed by atoms with Gasteiger partial charge in [0.25, 0.3) is 5.91 Å². The van der Waals surface area contributed by atoms with Crippen molar-refractivity contribution >= 4 is 17.7 Å². The number of hydrogen-bond acceptors (Lipinski definition) is 6. The van der Waals surface area contributed by atoms with E-state index in [9.17, 15) is 4.79 Å². The molecule has 0 bridgehead atoms. The number of fused-ring (bicyclic) bond motifs is 2. The third-order valence-electron chi connectivity index (χ3n) is 6.45. The Kier molecular flexibility index (Phi) is 5.37. The van der Waals surface area contributed by atoms with E-state index >= 15 is 0 Å². The van der Waals surface area contributed by atoms with E-state index in [1.165, 1.54) is 4.90 Å². The number of benzene rings is 3. The summed E-state index contributed by atoms with van der Waals surface area (Å²) in [6.45, 7) is 0.641. The average Bonchev–Trinajstić information content (AvgIpc) is 3.61. The topological polar surface area (TPSA) is 76.7 Å². The van der Waals surface area contributed by atoms with Crippen LogP contribution in [-0.2, 0) is 6.54 Å². The Bertz CT molecular complexity index is 1400. The molecule has 1 atom stereocenters. The first-order chi connectivity index (χ1) is 17.2. The lowest BCUT2D eigenvalue weighted by Gasteiger charge is -2.27. The van der Waals surface area contributed by atoms with Gasteiger partial charge in [0, 0.05) is 22.6 Å². The van der Waals surface area contributed by atoms with Crippen molar-refractivity contribution in [3.63, 3.8) is 0 Å². The number of carbonyl (C=O) groups excluding carboxylic acids is 1. The number of ether oxygens (including phenoxy) is 3. The summed E-state index contributed by atoms with van der Waals surface area (Å²) in [5, 5.41) is 7.58. The number of methoxy groups -OCH3 is 1. The van der Waals surface area contributed by atoms with Crippen LogP contribution in [0.15, 0.2) is 71.6 Å². The standard InChI is InChI=1S/C27H23N3O4S/c1-32-19-8-4-17(5-9-19)24-23-25(29-28-24)27(31)30(26(23)18-6-10-20(35-2)11-7-18)14-16-3-12-21-22(13-16)34-15-33-21/h3-13,26H,14-15H2,1-2H3,(H,28,29). The van der Waals surface area contributed by atoms with Gasteiger partial charge in [0.05, 0.1) is 18.8 Å². The highest BCUT2D eigenvalue weighted by Gasteiger charge is 2.42. The Morgan fingerprint density at radius 2 is 1.83 bits per heavy atom. The number of aromatic nitrogens is 2. The first kappa shape index (κ1) is 21.6. The van der Waals surface area contributed by atoms with Gasteiger partial charge in [-0.15, -0.1) is 11.8 Å². The number of hydrogen-bond donors (Lipinski definition) is 1. The predicted molar refractivity (Wildman–Crippen MR) is 133 cm³/mol. The smallest absolute Gasteiger partial charge is 0.273 e. The lowest BCUT2D eigenvalue weighted by atomic mass is 9.96. The van der Waals surface area contributed by atoms with Crippen LogP contribution in [0.3, 0.4) is 0 Å². The van der Waals surface area contributed by atoms with Crippen LogP contribution in [0.2, 0.25) is 0 Å². The second-order valence-corrected chi connectivity index (χ2v) is 9.27. The maximum atomic E-state index is 13.7. The van der Waals surface area contributed by atoms with Crippen molar-refractivity contribution in [1.82, 2.24) is 15.1 Å². The number of aromatic amines is 1. The number of amides is 1. The third kappa shape index (κ3) is 3.70. The van der Waals surface area contributed by atoms with Gasteiger partial charge in [0.2, 0.25) is 6.79 Å². The molecule has 0 aliphatic carbocycles. The molecule has 1 amide bonds. The van der Waals surface area contributed by atoms with Crippen LogP contribution in [0.4, 0.5) is 0 Å². The molecule has 6 rings (SSSR count). The molecule has 2 aliphatic heterocycles. The second kappa shape index (κ2) is 8.70. The van der Waals surface area contributed by atoms with E-state index in [-0.39, 0.29) is 18.7 Å². The third-order valence-corrected chi connectivity index (χ3v) is 7.19. The number of nitrogens with one attached hydrogen (secondary N) is 1. The SMILES string of the molecule is COc1ccc(-c2n[nH]c3c2C(c2ccc(SC)cc2)N(Cc2ccc4c(c2)OCO4)C3=O)cc1. The maximum absolute atomic E-state index is 13.7. The Labute approximate surface area is 207 Å². The zero-order chi connectivity index (χ0) is 23.9. The first-order valence-corrected chi connectivity index (χ1v) is 12.4. The summed E-state index contributed by atoms with van der Waals surface area (Å²) in [6, 6.07) is 21.6. The molecular weight excluding hydrogens is 462 g/mol. The van der Waals surface area contributed by atoms with Crippen molar-refractivity contribution in [1.29, 1.82) is 0 Å². The normalized spacial score (nSPS) is 16.0. The van der Waals surface area contributed by atoms with E-state index in [1.807, 2.05) is 47.4 Å². The molecule has 0 radical (unpaired) electrons. The van der Waals surface area contributed by atoms with Crippen molar-refractivity contribution in [2.45, 2.75) is 17.5 Å². The summed E-state index contributed by atoms with van der Waals surface area (Å²) in [6.07, 6.45) is 2.05. The highest BCUT2D eigenvalue weighted by Crippen LogP contribution is 2.44. The maximum Gasteiger partial charge on any atom is 0.273 e. The molecule has 8 heteroatoms. The lowest BCUT2D eigenvalue weighted by molar-refractivity contribution is 0.0730. The number of rotatable bonds is 6. The fraction of sp³-hybridized carbons (Fsp3) is 0.185. The van der Waals surface area contributed by atoms with E-state index in [4.69, 9.17) is 14.2 Å². The van der Waals surface area contributed by atoms with Gasteiger partial charge in [0.1, 0.15) is 11.4 Å². The molecule has 4 aromatic rings. The molecule has 0 fully saturated rings. The number of H-pyrrole nitrogens is 1. The predicted octanol–water partition coefficient (Wildman–Crippen LogP) is 5.28. The molecule has 3 heterocycles. The molecule has 1 N–H and O–H groups in total. The van der Waals surface area contributed by atoms with Crippen molar-refractivity contribution < 1.29 is 19.0 Å². The van der Waals surface area contributed by atoms with Gasteiger partial charge in [0.15, 0.2) is 11.5 Å². The molecule has 1 aromatic heterocycles. The minimum Gasteiger partial charge on any atom is -0.497 e. The van der Waals surface area contributed by atoms with Crippen molar-refractivity contribution in [3.8, 4) is 28.5 Å². The molecule has 3 aromatic carbocycles. The largest absolute Gasteiger partial charge is 0.497 e. The van der Waals surface area contributed by atoms with Crippen molar-refractivity contribution in [3.05, 3.63) is 89.1 Å². The molecule has 1 unspecified atom stereocenters. The summed E-state index contributed by atoms with van der Waals surface area (Å²) in [5.74, 6) is 2.12. The quantitative estimate of drug-likeness (QED) is 0.375. The van der Waals surface area contributed by atoms with E-state index in [0.29, 0.717) is 18.0 Å². The Hall–Kier alpha value is -3.91. The molecule has 2 aliphatic rings. The Balaban J connectivity index is 1.43. The lowest BCUT2D eigenvalue weighted by Crippen LogP contribution is -2.29. The second-order valence-electron chi connectivity index (χ2n) is 8.39. The molecule has 0 saturated heterocycles. The van der Waals surface area contributed by atoms with Crippen molar-refractivity contribution in [2.75, 3.05) is 20.2 Å². The van der Waals surface area contributed by atoms with Crippen LogP contribution < -0.4 is 14.2 Å². The summed E-state index contributed by atoms with van der Waals surface area (Å²) in [4.78, 5) is 16.7. The average molecular weight is 486 g/mol. The summed E-state index contributed by atoms with van der Waals surface area (Å²) < 4.78 is 16.3. The van der Waals surface area contributed by atoms with Gasteiger partial charge < -0.3 is 19.1 Å². The van der Waals surface area contributed by atoms with Gasteiger partial charge >= 0.3 is 0 Å². The van der Waals surface area contributed by atoms with Gasteiger partial charge in [-0.2, -0.15) is 5.10 Å². The molecule has 0 spiro atoms. The Morgan fingerprint density at radius 1 is 1.06 bits per heavy atom. The molecule has 0 saturated carbocycles. The van der Waals surface area contributed by atoms with Gasteiger partial charge in [-0.05, 0) is 65.9 Å². The van der Waals surface area contributed by atoms with E-state index in [2.05, 4.69) is 40.7 Å². The van der Waals surface area contributed by atoms with Gasteiger partial charge in [-0.1, -0.05) is 18.2 Å². The van der Waals surface area contributed by atoms with Crippen LogP contribution in [0.5, 0.6) is 17.2 Å². The van der Waals surface area contributed by atoms with Crippen LogP contribution in [0.25, 0.3) is 11.3 Å². The van der Waals surface area contributed by atoms with Crippen LogP contribution in [0, 0.1) is 0 Å². The zero-order valence-corrected chi connectivity index (χ0v) is 20.1. The highest BCUT2D eigenvalue weighted by molar-refractivity contribution is 7.98. The molecule has 176 valence electrons. The fourth-order valence-electron chi connectivity index (χ4n) is 4.70. The highest BCUT2D eigenvalue weighted by atomic mass is 32.2.